The molecule has 0 unspecified atom stereocenters. The second kappa shape index (κ2) is 10.2. The highest BCUT2D eigenvalue weighted by Crippen LogP contribution is 2.21. The lowest BCUT2D eigenvalue weighted by molar-refractivity contribution is 0.236. The fourth-order valence-electron chi connectivity index (χ4n) is 3.18. The molecule has 0 radical (unpaired) electrons. The van der Waals surface area contributed by atoms with Crippen LogP contribution >= 0.6 is 0 Å². The van der Waals surface area contributed by atoms with Gasteiger partial charge in [-0.3, -0.25) is 9.89 Å². The van der Waals surface area contributed by atoms with E-state index in [9.17, 15) is 4.79 Å². The lowest BCUT2D eigenvalue weighted by Gasteiger charge is -2.23. The number of carbonyl (C=O) groups is 1. The number of aryl methyl sites for hydroxylation is 2. The Morgan fingerprint density at radius 3 is 2.61 bits per heavy atom. The lowest BCUT2D eigenvalue weighted by atomic mass is 10.1. The van der Waals surface area contributed by atoms with Crippen molar-refractivity contribution < 1.29 is 9.53 Å². The van der Waals surface area contributed by atoms with Gasteiger partial charge in [0.05, 0.1) is 0 Å². The molecule has 2 bridgehead atoms. The van der Waals surface area contributed by atoms with Crippen molar-refractivity contribution in [2.45, 2.75) is 13.8 Å². The quantitative estimate of drug-likeness (QED) is 0.546. The van der Waals surface area contributed by atoms with Gasteiger partial charge in [0.1, 0.15) is 24.0 Å². The van der Waals surface area contributed by atoms with E-state index in [-0.39, 0.29) is 6.03 Å². The van der Waals surface area contributed by atoms with E-state index in [0.717, 1.165) is 28.3 Å². The highest BCUT2D eigenvalue weighted by Gasteiger charge is 2.19. The molecule has 7 heteroatoms. The van der Waals surface area contributed by atoms with Crippen molar-refractivity contribution in [2.75, 3.05) is 30.8 Å². The fourth-order valence-corrected chi connectivity index (χ4v) is 3.18. The van der Waals surface area contributed by atoms with Crippen molar-refractivity contribution in [2.24, 2.45) is 9.98 Å². The summed E-state index contributed by atoms with van der Waals surface area (Å²) in [5.41, 5.74) is 3.56. The molecule has 1 heterocycles. The second-order valence-electron chi connectivity index (χ2n) is 7.01. The average Bonchev–Trinajstić information content (AvgIpc) is 2.77. The first-order valence-electron chi connectivity index (χ1n) is 9.96. The molecule has 1 aliphatic rings. The van der Waals surface area contributed by atoms with Gasteiger partial charge in [-0.05, 0) is 49.9 Å². The number of nitrogens with zero attached hydrogens (tertiary/aromatic N) is 3. The highest BCUT2D eigenvalue weighted by molar-refractivity contribution is 6.08. The number of hydrogen-bond donors (Lipinski definition) is 2. The number of anilines is 2. The molecule has 0 aromatic heterocycles. The Labute approximate surface area is 182 Å². The number of carbonyl (C=O) groups excluding carboxylic acids is 1. The Kier molecular flexibility index (Phi) is 7.22. The summed E-state index contributed by atoms with van der Waals surface area (Å²) in [5, 5.41) is 6.21. The van der Waals surface area contributed by atoms with Crippen LogP contribution in [0.2, 0.25) is 0 Å². The van der Waals surface area contributed by atoms with Crippen molar-refractivity contribution in [3.8, 4) is 5.75 Å². The minimum Gasteiger partial charge on any atom is -0.489 e. The van der Waals surface area contributed by atoms with Gasteiger partial charge in [-0.25, -0.2) is 9.79 Å². The van der Waals surface area contributed by atoms with Crippen LogP contribution in [-0.2, 0) is 0 Å². The molecule has 2 N–H and O–H groups in total. The number of benzene rings is 2. The molecule has 0 atom stereocenters. The lowest BCUT2D eigenvalue weighted by Crippen LogP contribution is -2.40. The zero-order chi connectivity index (χ0) is 22.2. The summed E-state index contributed by atoms with van der Waals surface area (Å²) < 4.78 is 5.76. The Morgan fingerprint density at radius 1 is 1.16 bits per heavy atom. The summed E-state index contributed by atoms with van der Waals surface area (Å²) in [6, 6.07) is 13.1. The predicted molar refractivity (Wildman–Crippen MR) is 127 cm³/mol. The number of urea groups is 1. The third-order valence-corrected chi connectivity index (χ3v) is 4.81. The first-order valence-corrected chi connectivity index (χ1v) is 9.96. The van der Waals surface area contributed by atoms with E-state index in [1.807, 2.05) is 68.5 Å². The van der Waals surface area contributed by atoms with Gasteiger partial charge in [-0.2, -0.15) is 0 Å². The van der Waals surface area contributed by atoms with Gasteiger partial charge in [0.2, 0.25) is 0 Å². The van der Waals surface area contributed by atoms with Crippen LogP contribution in [0.5, 0.6) is 5.75 Å². The maximum atomic E-state index is 13.2. The van der Waals surface area contributed by atoms with E-state index >= 15 is 0 Å². The third kappa shape index (κ3) is 5.60. The van der Waals surface area contributed by atoms with Crippen LogP contribution in [0, 0.1) is 13.8 Å². The molecule has 2 aromatic rings. The Bertz CT molecular complexity index is 1040. The average molecular weight is 418 g/mol. The van der Waals surface area contributed by atoms with E-state index < -0.39 is 0 Å². The van der Waals surface area contributed by atoms with Gasteiger partial charge < -0.3 is 15.4 Å². The van der Waals surface area contributed by atoms with E-state index in [4.69, 9.17) is 4.74 Å². The molecular weight excluding hydrogens is 390 g/mol. The first kappa shape index (κ1) is 21.8. The topological polar surface area (TPSA) is 78.3 Å². The van der Waals surface area contributed by atoms with Gasteiger partial charge in [-0.1, -0.05) is 30.3 Å². The van der Waals surface area contributed by atoms with Gasteiger partial charge in [-0.15, -0.1) is 0 Å². The third-order valence-electron chi connectivity index (χ3n) is 4.81. The Hall–Kier alpha value is -3.87. The summed E-state index contributed by atoms with van der Waals surface area (Å²) in [6.07, 6.45) is 5.44. The van der Waals surface area contributed by atoms with Crippen molar-refractivity contribution >= 4 is 30.0 Å². The summed E-state index contributed by atoms with van der Waals surface area (Å²) in [6.45, 7) is 8.26. The maximum absolute atomic E-state index is 13.2. The van der Waals surface area contributed by atoms with E-state index in [0.29, 0.717) is 24.8 Å². The predicted octanol–water partition coefficient (Wildman–Crippen LogP) is 4.77. The number of amidine groups is 1. The summed E-state index contributed by atoms with van der Waals surface area (Å²) >= 11 is 0. The molecule has 0 saturated carbocycles. The molecule has 3 rings (SSSR count). The van der Waals surface area contributed by atoms with Crippen LogP contribution in [0.15, 0.2) is 76.5 Å². The number of aliphatic imine (C=N–C) groups is 2. The summed E-state index contributed by atoms with van der Waals surface area (Å²) in [4.78, 5) is 23.2. The van der Waals surface area contributed by atoms with Gasteiger partial charge >= 0.3 is 6.03 Å². The van der Waals surface area contributed by atoms with E-state index in [2.05, 4.69) is 27.3 Å². The molecule has 2 amide bonds. The van der Waals surface area contributed by atoms with E-state index in [1.165, 1.54) is 0 Å². The molecule has 1 aliphatic heterocycles. The van der Waals surface area contributed by atoms with Crippen molar-refractivity contribution in [3.05, 3.63) is 77.6 Å². The summed E-state index contributed by atoms with van der Waals surface area (Å²) in [7, 11) is 1.64. The number of para-hydroxylation sites is 1. The largest absolute Gasteiger partial charge is 0.489 e. The van der Waals surface area contributed by atoms with Gasteiger partial charge in [0.15, 0.2) is 0 Å². The second-order valence-corrected chi connectivity index (χ2v) is 7.01. The Morgan fingerprint density at radius 2 is 1.90 bits per heavy atom. The van der Waals surface area contributed by atoms with Crippen molar-refractivity contribution in [3.63, 3.8) is 0 Å². The number of amides is 2. The fraction of sp³-hybridized carbons (Fsp3) is 0.208. The smallest absolute Gasteiger partial charge is 0.327 e. The highest BCUT2D eigenvalue weighted by atomic mass is 16.5. The molecule has 31 heavy (non-hydrogen) atoms. The molecule has 2 aromatic carbocycles. The van der Waals surface area contributed by atoms with Crippen LogP contribution in [-0.4, -0.2) is 43.7 Å². The zero-order valence-electron chi connectivity index (χ0n) is 18.1. The van der Waals surface area contributed by atoms with Gasteiger partial charge in [0.25, 0.3) is 0 Å². The first-order chi connectivity index (χ1) is 15.0. The molecule has 0 aliphatic carbocycles. The van der Waals surface area contributed by atoms with E-state index in [1.54, 1.807) is 18.0 Å². The van der Waals surface area contributed by atoms with Crippen LogP contribution in [0.1, 0.15) is 11.1 Å². The number of rotatable bonds is 2. The molecule has 0 fully saturated rings. The number of hydrogen-bond acceptors (Lipinski definition) is 5. The number of nitrogens with one attached hydrogen (secondary N) is 2. The van der Waals surface area contributed by atoms with Crippen LogP contribution < -0.4 is 15.4 Å². The maximum Gasteiger partial charge on any atom is 0.327 e. The van der Waals surface area contributed by atoms with Crippen molar-refractivity contribution in [1.82, 2.24) is 4.90 Å². The normalized spacial score (nSPS) is 18.2. The molecular formula is C24H27N5O2. The van der Waals surface area contributed by atoms with Crippen molar-refractivity contribution in [1.29, 1.82) is 0 Å². The monoisotopic (exact) mass is 417 g/mol. The number of fused-ring (bicyclic) bond motifs is 2. The van der Waals surface area contributed by atoms with Crippen LogP contribution in [0.4, 0.5) is 16.2 Å². The molecule has 0 spiro atoms. The Balaban J connectivity index is 1.95. The minimum absolute atomic E-state index is 0.293. The molecule has 160 valence electrons. The minimum atomic E-state index is -0.293. The molecule has 0 saturated heterocycles. The SMILES string of the molecule is C=N/C1=C\C(=NC)N(C(=O)Nc2c(C)cccc2C)C/C=C/COc2cccc(c2)N1. The standard InChI is InChI=1S/C24H27N5O2/c1-17-9-7-10-18(2)23(17)28-24(30)29-13-5-6-14-31-20-12-8-11-19(15-20)27-21(25-3)16-22(29)26-4/h5-12,15-16,27H,3,13-14H2,1-2,4H3,(H,28,30)/b6-5+,21-16+,26-22?. The van der Waals surface area contributed by atoms with Gasteiger partial charge in [0, 0.05) is 37.1 Å². The van der Waals surface area contributed by atoms with Crippen LogP contribution in [0.25, 0.3) is 0 Å². The number of ether oxygens (including phenoxy) is 1. The zero-order valence-corrected chi connectivity index (χ0v) is 18.1. The molecule has 7 nitrogen and oxygen atoms in total. The summed E-state index contributed by atoms with van der Waals surface area (Å²) in [5.74, 6) is 1.64. The van der Waals surface area contributed by atoms with Crippen LogP contribution in [0.3, 0.4) is 0 Å².